The predicted molar refractivity (Wildman–Crippen MR) is 122 cm³/mol. The average molecular weight is 422 g/mol. The number of benzene rings is 1. The number of carbonyl (C=O) groups is 1. The van der Waals surface area contributed by atoms with Gasteiger partial charge in [-0.25, -0.2) is 4.21 Å². The number of hydrogen-bond acceptors (Lipinski definition) is 6. The largest absolute Gasteiger partial charge is 0.366 e. The predicted octanol–water partition coefficient (Wildman–Crippen LogP) is 3.49. The molecule has 1 saturated heterocycles. The van der Waals surface area contributed by atoms with Crippen LogP contribution in [0.2, 0.25) is 0 Å². The van der Waals surface area contributed by atoms with Gasteiger partial charge in [0, 0.05) is 24.7 Å². The van der Waals surface area contributed by atoms with E-state index >= 15 is 0 Å². The Balaban J connectivity index is 2.02. The van der Waals surface area contributed by atoms with Gasteiger partial charge in [0.25, 0.3) is 5.65 Å². The third-order valence-corrected chi connectivity index (χ3v) is 6.35. The van der Waals surface area contributed by atoms with E-state index in [0.29, 0.717) is 6.67 Å². The van der Waals surface area contributed by atoms with Gasteiger partial charge in [0.2, 0.25) is 0 Å². The minimum absolute atomic E-state index is 0.0877. The van der Waals surface area contributed by atoms with Crippen molar-refractivity contribution in [2.45, 2.75) is 19.1 Å². The van der Waals surface area contributed by atoms with Crippen LogP contribution in [0.15, 0.2) is 50.4 Å². The first-order valence-corrected chi connectivity index (χ1v) is 12.4. The molecule has 1 aliphatic heterocycles. The summed E-state index contributed by atoms with van der Waals surface area (Å²) in [5.41, 5.74) is 3.58. The molecule has 28 heavy (non-hydrogen) atoms. The fourth-order valence-electron chi connectivity index (χ4n) is 2.79. The van der Waals surface area contributed by atoms with Gasteiger partial charge in [-0.2, -0.15) is 4.36 Å². The molecule has 7 nitrogen and oxygen atoms in total. The van der Waals surface area contributed by atoms with Crippen LogP contribution in [0, 0.1) is 0 Å². The molecule has 1 amide bonds. The standard InChI is InChI=1S/C19H28N5O2PS/c1-4-27-19(25)24-28(3,26)13-15-6-5-7-17(10-15)22-14-23-18-12-21-9-8-16(18)11-20-2/h5-7,10-11,21-22,27H,2,4,8-9,12-14H2,1,3H3/b16-11-,23-18-. The lowest BCUT2D eigenvalue weighted by Crippen LogP contribution is -2.32. The van der Waals surface area contributed by atoms with Crippen molar-refractivity contribution in [2.24, 2.45) is 14.3 Å². The van der Waals surface area contributed by atoms with E-state index in [4.69, 9.17) is 0 Å². The van der Waals surface area contributed by atoms with Crippen molar-refractivity contribution in [3.63, 3.8) is 0 Å². The molecule has 2 unspecified atom stereocenters. The minimum Gasteiger partial charge on any atom is -0.366 e. The number of hydrogen-bond donors (Lipinski definition) is 2. The maximum Gasteiger partial charge on any atom is 0.271 e. The summed E-state index contributed by atoms with van der Waals surface area (Å²) < 4.78 is 16.5. The summed E-state index contributed by atoms with van der Waals surface area (Å²) in [6.07, 6.45) is 4.92. The molecule has 1 aliphatic rings. The Bertz CT molecular complexity index is 888. The second kappa shape index (κ2) is 11.2. The van der Waals surface area contributed by atoms with Gasteiger partial charge in [-0.3, -0.25) is 14.8 Å². The SMILES string of the molecule is C=N/C=C1/CCNC/C1=N/CNc1cccc(CS(C)(=O)=NC(=O)PCC)c1. The Morgan fingerprint density at radius 3 is 3.04 bits per heavy atom. The number of aliphatic imine (C=N–C) groups is 2. The lowest BCUT2D eigenvalue weighted by atomic mass is 10.0. The first kappa shape index (κ1) is 22.4. The molecule has 2 rings (SSSR count). The van der Waals surface area contributed by atoms with Gasteiger partial charge in [0.05, 0.1) is 21.2 Å². The van der Waals surface area contributed by atoms with Crippen LogP contribution >= 0.6 is 8.58 Å². The Labute approximate surface area is 169 Å². The number of rotatable bonds is 8. The normalized spacial score (nSPS) is 19.6. The minimum atomic E-state index is -2.58. The van der Waals surface area contributed by atoms with Crippen LogP contribution < -0.4 is 10.6 Å². The summed E-state index contributed by atoms with van der Waals surface area (Å²) in [6, 6.07) is 7.64. The van der Waals surface area contributed by atoms with Crippen LogP contribution in [0.4, 0.5) is 10.5 Å². The molecule has 9 heteroatoms. The highest BCUT2D eigenvalue weighted by Gasteiger charge is 2.12. The highest BCUT2D eigenvalue weighted by Crippen LogP contribution is 2.18. The topological polar surface area (TPSA) is 95.3 Å². The van der Waals surface area contributed by atoms with Crippen molar-refractivity contribution >= 4 is 42.1 Å². The van der Waals surface area contributed by atoms with Crippen molar-refractivity contribution in [3.8, 4) is 0 Å². The summed E-state index contributed by atoms with van der Waals surface area (Å²) >= 11 is 0. The van der Waals surface area contributed by atoms with Crippen molar-refractivity contribution in [3.05, 3.63) is 41.6 Å². The molecule has 1 fully saturated rings. The Hall–Kier alpha value is -1.89. The van der Waals surface area contributed by atoms with Gasteiger partial charge in [-0.15, -0.1) is 0 Å². The number of anilines is 1. The first-order chi connectivity index (χ1) is 13.4. The molecule has 0 spiro atoms. The van der Waals surface area contributed by atoms with Crippen molar-refractivity contribution < 1.29 is 9.00 Å². The summed E-state index contributed by atoms with van der Waals surface area (Å²) in [7, 11) is -2.49. The van der Waals surface area contributed by atoms with Gasteiger partial charge in [-0.1, -0.05) is 19.1 Å². The quantitative estimate of drug-likeness (QED) is 0.496. The van der Waals surface area contributed by atoms with Crippen LogP contribution in [-0.2, 0) is 15.5 Å². The number of carbonyl (C=O) groups excluding carboxylic acids is 1. The summed E-state index contributed by atoms with van der Waals surface area (Å²) in [5.74, 6) is 0.249. The van der Waals surface area contributed by atoms with Crippen LogP contribution in [0.1, 0.15) is 18.9 Å². The van der Waals surface area contributed by atoms with Crippen molar-refractivity contribution in [2.75, 3.05) is 37.5 Å². The second-order valence-corrected chi connectivity index (χ2v) is 10.3. The summed E-state index contributed by atoms with van der Waals surface area (Å²) in [5, 5.41) is 6.56. The molecule has 2 N–H and O–H groups in total. The van der Waals surface area contributed by atoms with E-state index in [2.05, 4.69) is 31.7 Å². The van der Waals surface area contributed by atoms with Gasteiger partial charge in [-0.05, 0) is 57.7 Å². The smallest absolute Gasteiger partial charge is 0.271 e. The van der Waals surface area contributed by atoms with Gasteiger partial charge < -0.3 is 10.6 Å². The molecule has 0 saturated carbocycles. The fraction of sp³-hybridized carbons (Fsp3) is 0.421. The molecule has 152 valence electrons. The van der Waals surface area contributed by atoms with E-state index in [9.17, 15) is 9.00 Å². The van der Waals surface area contributed by atoms with Crippen molar-refractivity contribution in [1.82, 2.24) is 5.32 Å². The van der Waals surface area contributed by atoms with E-state index in [0.717, 1.165) is 48.2 Å². The van der Waals surface area contributed by atoms with Gasteiger partial charge in [0.1, 0.15) is 6.67 Å². The van der Waals surface area contributed by atoms with E-state index in [1.807, 2.05) is 31.2 Å². The van der Waals surface area contributed by atoms with Crippen LogP contribution in [-0.4, -0.2) is 54.5 Å². The number of nitrogens with one attached hydrogen (secondary N) is 2. The van der Waals surface area contributed by atoms with E-state index in [1.54, 1.807) is 6.20 Å². The number of piperidine rings is 1. The Kier molecular flexibility index (Phi) is 8.96. The molecule has 1 heterocycles. The Morgan fingerprint density at radius 1 is 1.46 bits per heavy atom. The molecule has 1 aromatic carbocycles. The zero-order valence-electron chi connectivity index (χ0n) is 16.4. The fourth-order valence-corrected chi connectivity index (χ4v) is 5.15. The average Bonchev–Trinajstić information content (AvgIpc) is 2.63. The monoisotopic (exact) mass is 421 g/mol. The maximum atomic E-state index is 12.6. The van der Waals surface area contributed by atoms with Gasteiger partial charge >= 0.3 is 0 Å². The summed E-state index contributed by atoms with van der Waals surface area (Å²) in [6.45, 7) is 7.49. The van der Waals surface area contributed by atoms with Crippen LogP contribution in [0.25, 0.3) is 0 Å². The number of amides is 1. The Morgan fingerprint density at radius 2 is 2.29 bits per heavy atom. The first-order valence-electron chi connectivity index (χ1n) is 9.13. The molecule has 0 aromatic heterocycles. The van der Waals surface area contributed by atoms with Crippen LogP contribution in [0.5, 0.6) is 0 Å². The molecule has 2 atom stereocenters. The molecule has 0 radical (unpaired) electrons. The van der Waals surface area contributed by atoms with Gasteiger partial charge in [0.15, 0.2) is 0 Å². The zero-order chi connectivity index (χ0) is 20.4. The lowest BCUT2D eigenvalue weighted by molar-refractivity contribution is 0.267. The highest BCUT2D eigenvalue weighted by atomic mass is 32.2. The third kappa shape index (κ3) is 7.62. The maximum absolute atomic E-state index is 12.6. The van der Waals surface area contributed by atoms with E-state index in [1.165, 1.54) is 6.26 Å². The zero-order valence-corrected chi connectivity index (χ0v) is 18.2. The highest BCUT2D eigenvalue weighted by molar-refractivity contribution is 7.92. The lowest BCUT2D eigenvalue weighted by Gasteiger charge is -2.18. The molecular weight excluding hydrogens is 393 g/mol. The van der Waals surface area contributed by atoms with Crippen molar-refractivity contribution in [1.29, 1.82) is 0 Å². The van der Waals surface area contributed by atoms with E-state index in [-0.39, 0.29) is 20.0 Å². The molecule has 1 aromatic rings. The second-order valence-electron chi connectivity index (χ2n) is 6.43. The number of nitrogens with zero attached hydrogens (tertiary/aromatic N) is 3. The van der Waals surface area contributed by atoms with E-state index < -0.39 is 9.73 Å². The third-order valence-electron chi connectivity index (χ3n) is 4.00. The molecular formula is C19H28N5O2PS. The molecule has 0 aliphatic carbocycles. The molecule has 0 bridgehead atoms. The van der Waals surface area contributed by atoms with Crippen LogP contribution in [0.3, 0.4) is 0 Å². The summed E-state index contributed by atoms with van der Waals surface area (Å²) in [4.78, 5) is 20.2.